The maximum Gasteiger partial charge on any atom is 0.357 e. The van der Waals surface area contributed by atoms with Crippen LogP contribution in [-0.2, 0) is 14.3 Å². The molecule has 1 heterocycles. The number of ether oxygens (including phenoxy) is 1. The molecule has 0 fully saturated rings. The van der Waals surface area contributed by atoms with E-state index in [1.165, 1.54) is 0 Å². The van der Waals surface area contributed by atoms with E-state index < -0.39 is 18.5 Å². The number of hydrogen-bond acceptors (Lipinski definition) is 5. The second-order valence-electron chi connectivity index (χ2n) is 7.06. The number of amides is 2. The molecule has 0 aliphatic heterocycles. The molecule has 0 aliphatic rings. The van der Waals surface area contributed by atoms with E-state index in [4.69, 9.17) is 4.74 Å². The van der Waals surface area contributed by atoms with Crippen LogP contribution in [0.25, 0.3) is 10.9 Å². The van der Waals surface area contributed by atoms with Crippen LogP contribution in [0.3, 0.4) is 0 Å². The van der Waals surface area contributed by atoms with Gasteiger partial charge in [0.15, 0.2) is 6.61 Å². The van der Waals surface area contributed by atoms with Gasteiger partial charge < -0.3 is 15.4 Å². The van der Waals surface area contributed by atoms with Crippen LogP contribution in [0.4, 0.5) is 5.69 Å². The molecule has 154 valence electrons. The van der Waals surface area contributed by atoms with Gasteiger partial charge in [-0.3, -0.25) is 9.59 Å². The molecule has 0 bridgehead atoms. The first kappa shape index (κ1) is 21.0. The van der Waals surface area contributed by atoms with E-state index in [1.54, 1.807) is 18.2 Å². The van der Waals surface area contributed by atoms with Crippen molar-refractivity contribution in [3.8, 4) is 0 Å². The molecule has 2 N–H and O–H groups in total. The number of nitrogens with zero attached hydrogens (tertiary/aromatic N) is 1. The summed E-state index contributed by atoms with van der Waals surface area (Å²) in [5.41, 5.74) is 4.51. The lowest BCUT2D eigenvalue weighted by atomic mass is 10.1. The zero-order chi connectivity index (χ0) is 21.7. The summed E-state index contributed by atoms with van der Waals surface area (Å²) < 4.78 is 5.00. The van der Waals surface area contributed by atoms with Crippen LogP contribution in [-0.4, -0.2) is 35.9 Å². The van der Waals surface area contributed by atoms with Crippen LogP contribution in [0.15, 0.2) is 48.5 Å². The lowest BCUT2D eigenvalue weighted by molar-refractivity contribution is -0.126. The molecule has 7 nitrogen and oxygen atoms in total. The molecule has 3 rings (SSSR count). The van der Waals surface area contributed by atoms with E-state index >= 15 is 0 Å². The highest BCUT2D eigenvalue weighted by Gasteiger charge is 2.14. The van der Waals surface area contributed by atoms with Gasteiger partial charge in [0, 0.05) is 11.1 Å². The van der Waals surface area contributed by atoms with Crippen molar-refractivity contribution in [2.45, 2.75) is 20.8 Å². The highest BCUT2D eigenvalue weighted by molar-refractivity contribution is 5.96. The van der Waals surface area contributed by atoms with Gasteiger partial charge in [0.25, 0.3) is 5.91 Å². The highest BCUT2D eigenvalue weighted by atomic mass is 16.5. The van der Waals surface area contributed by atoms with E-state index in [2.05, 4.69) is 15.6 Å². The monoisotopic (exact) mass is 405 g/mol. The van der Waals surface area contributed by atoms with E-state index in [9.17, 15) is 14.4 Å². The zero-order valence-electron chi connectivity index (χ0n) is 17.1. The van der Waals surface area contributed by atoms with Crippen LogP contribution >= 0.6 is 0 Å². The largest absolute Gasteiger partial charge is 0.451 e. The molecule has 1 aromatic heterocycles. The number of pyridine rings is 1. The number of anilines is 1. The first-order valence-corrected chi connectivity index (χ1v) is 9.51. The first-order chi connectivity index (χ1) is 14.3. The minimum Gasteiger partial charge on any atom is -0.451 e. The number of rotatable bonds is 6. The predicted octanol–water partition coefficient (Wildman–Crippen LogP) is 3.07. The van der Waals surface area contributed by atoms with Gasteiger partial charge in [0.1, 0.15) is 5.69 Å². The van der Waals surface area contributed by atoms with Crippen molar-refractivity contribution in [1.82, 2.24) is 10.3 Å². The van der Waals surface area contributed by atoms with Gasteiger partial charge in [-0.25, -0.2) is 9.78 Å². The fourth-order valence-corrected chi connectivity index (χ4v) is 3.18. The van der Waals surface area contributed by atoms with Crippen molar-refractivity contribution >= 4 is 34.4 Å². The molecule has 0 saturated heterocycles. The average molecular weight is 405 g/mol. The normalized spacial score (nSPS) is 10.5. The Labute approximate surface area is 174 Å². The Morgan fingerprint density at radius 3 is 2.37 bits per heavy atom. The van der Waals surface area contributed by atoms with Crippen molar-refractivity contribution in [2.24, 2.45) is 0 Å². The summed E-state index contributed by atoms with van der Waals surface area (Å²) in [5, 5.41) is 6.14. The van der Waals surface area contributed by atoms with Gasteiger partial charge in [-0.2, -0.15) is 0 Å². The lowest BCUT2D eigenvalue weighted by Crippen LogP contribution is -2.35. The van der Waals surface area contributed by atoms with Crippen LogP contribution in [0.5, 0.6) is 0 Å². The zero-order valence-corrected chi connectivity index (χ0v) is 17.1. The smallest absolute Gasteiger partial charge is 0.357 e. The molecule has 0 unspecified atom stereocenters. The Bertz CT molecular complexity index is 1100. The van der Waals surface area contributed by atoms with Crippen LogP contribution < -0.4 is 10.6 Å². The van der Waals surface area contributed by atoms with Crippen LogP contribution in [0.2, 0.25) is 0 Å². The molecule has 2 amide bonds. The third-order valence-electron chi connectivity index (χ3n) is 4.53. The van der Waals surface area contributed by atoms with Crippen molar-refractivity contribution in [2.75, 3.05) is 18.5 Å². The Balaban J connectivity index is 1.48. The standard InChI is InChI=1S/C23H23N3O4/c1-14-10-15(2)22(16(3)11-14)26-20(27)12-24-21(28)13-30-23(29)19-9-8-17-6-4-5-7-18(17)25-19/h4-11H,12-13H2,1-3H3,(H,24,28)(H,26,27). The van der Waals surface area contributed by atoms with Crippen LogP contribution in [0.1, 0.15) is 27.2 Å². The maximum atomic E-state index is 12.1. The number of aromatic nitrogens is 1. The van der Waals surface area contributed by atoms with Gasteiger partial charge in [0.2, 0.25) is 5.91 Å². The number of esters is 1. The highest BCUT2D eigenvalue weighted by Crippen LogP contribution is 2.21. The molecular formula is C23H23N3O4. The number of fused-ring (bicyclic) bond motifs is 1. The summed E-state index contributed by atoms with van der Waals surface area (Å²) >= 11 is 0. The molecule has 7 heteroatoms. The Morgan fingerprint density at radius 2 is 1.63 bits per heavy atom. The predicted molar refractivity (Wildman–Crippen MR) is 114 cm³/mol. The first-order valence-electron chi connectivity index (χ1n) is 9.51. The molecule has 0 aliphatic carbocycles. The van der Waals surface area contributed by atoms with E-state index in [0.29, 0.717) is 5.52 Å². The van der Waals surface area contributed by atoms with Gasteiger partial charge in [-0.1, -0.05) is 42.0 Å². The number of nitrogens with one attached hydrogen (secondary N) is 2. The average Bonchev–Trinajstić information content (AvgIpc) is 2.72. The summed E-state index contributed by atoms with van der Waals surface area (Å²) in [7, 11) is 0. The van der Waals surface area contributed by atoms with Crippen molar-refractivity contribution < 1.29 is 19.1 Å². The van der Waals surface area contributed by atoms with E-state index in [0.717, 1.165) is 27.8 Å². The van der Waals surface area contributed by atoms with Gasteiger partial charge in [-0.15, -0.1) is 0 Å². The SMILES string of the molecule is Cc1cc(C)c(NC(=O)CNC(=O)COC(=O)c2ccc3ccccc3n2)c(C)c1. The summed E-state index contributed by atoms with van der Waals surface area (Å²) in [6.45, 7) is 5.09. The van der Waals surface area contributed by atoms with Crippen molar-refractivity contribution in [1.29, 1.82) is 0 Å². The maximum absolute atomic E-state index is 12.1. The molecule has 0 atom stereocenters. The summed E-state index contributed by atoms with van der Waals surface area (Å²) in [4.78, 5) is 40.4. The quantitative estimate of drug-likeness (QED) is 0.614. The van der Waals surface area contributed by atoms with Gasteiger partial charge >= 0.3 is 5.97 Å². The van der Waals surface area contributed by atoms with E-state index in [-0.39, 0.29) is 18.1 Å². The molecule has 30 heavy (non-hydrogen) atoms. The minimum absolute atomic E-state index is 0.115. The second kappa shape index (κ2) is 9.17. The Morgan fingerprint density at radius 1 is 0.933 bits per heavy atom. The number of carbonyl (C=O) groups excluding carboxylic acids is 3. The fourth-order valence-electron chi connectivity index (χ4n) is 3.18. The third-order valence-corrected chi connectivity index (χ3v) is 4.53. The Hall–Kier alpha value is -3.74. The molecule has 3 aromatic rings. The number of aryl methyl sites for hydroxylation is 3. The molecule has 0 spiro atoms. The number of benzene rings is 2. The van der Waals surface area contributed by atoms with Gasteiger partial charge in [-0.05, 0) is 44.0 Å². The van der Waals surface area contributed by atoms with Gasteiger partial charge in [0.05, 0.1) is 12.1 Å². The molecule has 0 radical (unpaired) electrons. The lowest BCUT2D eigenvalue weighted by Gasteiger charge is -2.13. The topological polar surface area (TPSA) is 97.4 Å². The number of hydrogen-bond donors (Lipinski definition) is 2. The van der Waals surface area contributed by atoms with Crippen molar-refractivity contribution in [3.63, 3.8) is 0 Å². The van der Waals surface area contributed by atoms with Crippen molar-refractivity contribution in [3.05, 3.63) is 70.9 Å². The second-order valence-corrected chi connectivity index (χ2v) is 7.06. The number of carbonyl (C=O) groups is 3. The summed E-state index contributed by atoms with van der Waals surface area (Å²) in [5.74, 6) is -1.64. The molecular weight excluding hydrogens is 382 g/mol. The molecule has 2 aromatic carbocycles. The van der Waals surface area contributed by atoms with E-state index in [1.807, 2.05) is 51.1 Å². The number of para-hydroxylation sites is 1. The summed E-state index contributed by atoms with van der Waals surface area (Å²) in [6.07, 6.45) is 0. The Kier molecular flexibility index (Phi) is 6.41. The minimum atomic E-state index is -0.703. The van der Waals surface area contributed by atoms with Crippen LogP contribution in [0, 0.1) is 20.8 Å². The third kappa shape index (κ3) is 5.20. The molecule has 0 saturated carbocycles. The summed E-state index contributed by atoms with van der Waals surface area (Å²) in [6, 6.07) is 14.6. The fraction of sp³-hybridized carbons (Fsp3) is 0.217.